The Labute approximate surface area is 87.1 Å². The van der Waals surface area contributed by atoms with E-state index in [9.17, 15) is 4.79 Å². The molecule has 0 radical (unpaired) electrons. The first-order valence-electron chi connectivity index (χ1n) is 4.73. The lowest BCUT2D eigenvalue weighted by atomic mass is 9.74. The molecule has 1 rings (SSSR count). The number of carbonyl (C=O) groups is 1. The number of halogens is 1. The van der Waals surface area contributed by atoms with Crippen LogP contribution in [0.3, 0.4) is 0 Å². The van der Waals surface area contributed by atoms with Crippen LogP contribution in [0.25, 0.3) is 0 Å². The Kier molecular flexibility index (Phi) is 4.93. The van der Waals surface area contributed by atoms with E-state index >= 15 is 0 Å². The molecule has 0 saturated heterocycles. The van der Waals surface area contributed by atoms with E-state index in [0.29, 0.717) is 5.78 Å². The highest BCUT2D eigenvalue weighted by Crippen LogP contribution is 2.32. The molecule has 0 unspecified atom stereocenters. The van der Waals surface area contributed by atoms with Crippen LogP contribution >= 0.6 is 12.4 Å². The van der Waals surface area contributed by atoms with E-state index < -0.39 is 0 Å². The van der Waals surface area contributed by atoms with Gasteiger partial charge in [0.1, 0.15) is 5.78 Å². The second-order valence-electron chi connectivity index (χ2n) is 4.43. The van der Waals surface area contributed by atoms with E-state index in [4.69, 9.17) is 0 Å². The number of carbonyl (C=O) groups excluding carboxylic acids is 1. The Morgan fingerprint density at radius 3 is 2.46 bits per heavy atom. The second-order valence-corrected chi connectivity index (χ2v) is 4.43. The molecule has 1 aliphatic rings. The molecule has 0 bridgehead atoms. The van der Waals surface area contributed by atoms with Gasteiger partial charge in [-0.05, 0) is 26.9 Å². The first kappa shape index (κ1) is 12.9. The van der Waals surface area contributed by atoms with E-state index in [1.54, 1.807) is 0 Å². The van der Waals surface area contributed by atoms with E-state index in [-0.39, 0.29) is 17.8 Å². The lowest BCUT2D eigenvalue weighted by Crippen LogP contribution is -2.40. The molecular formula is C10H20ClNO. The van der Waals surface area contributed by atoms with Crippen LogP contribution in [-0.2, 0) is 4.79 Å². The van der Waals surface area contributed by atoms with Gasteiger partial charge in [0.25, 0.3) is 0 Å². The fourth-order valence-corrected chi connectivity index (χ4v) is 2.11. The summed E-state index contributed by atoms with van der Waals surface area (Å²) in [6.07, 6.45) is 4.19. The molecule has 1 fully saturated rings. The van der Waals surface area contributed by atoms with Gasteiger partial charge in [-0.2, -0.15) is 0 Å². The van der Waals surface area contributed by atoms with E-state index in [1.165, 1.54) is 6.42 Å². The van der Waals surface area contributed by atoms with Crippen molar-refractivity contribution in [1.29, 1.82) is 0 Å². The van der Waals surface area contributed by atoms with Crippen molar-refractivity contribution >= 4 is 18.2 Å². The Morgan fingerprint density at radius 2 is 2.00 bits per heavy atom. The average molecular weight is 206 g/mol. The van der Waals surface area contributed by atoms with Crippen LogP contribution < -0.4 is 0 Å². The van der Waals surface area contributed by atoms with Crippen molar-refractivity contribution in [2.24, 2.45) is 5.41 Å². The van der Waals surface area contributed by atoms with E-state index in [1.807, 2.05) is 14.1 Å². The first-order valence-corrected chi connectivity index (χ1v) is 4.73. The van der Waals surface area contributed by atoms with Crippen molar-refractivity contribution in [2.75, 3.05) is 20.6 Å². The maximum Gasteiger partial charge on any atom is 0.140 e. The summed E-state index contributed by atoms with van der Waals surface area (Å²) in [7, 11) is 4.07. The summed E-state index contributed by atoms with van der Waals surface area (Å²) in [5.74, 6) is 0.461. The Hall–Kier alpha value is -0.0800. The maximum atomic E-state index is 11.6. The number of ketones is 1. The minimum Gasteiger partial charge on any atom is -0.308 e. The summed E-state index contributed by atoms with van der Waals surface area (Å²) >= 11 is 0. The number of hydrogen-bond donors (Lipinski definition) is 0. The smallest absolute Gasteiger partial charge is 0.140 e. The summed E-state index contributed by atoms with van der Waals surface area (Å²) in [6, 6.07) is 0. The summed E-state index contributed by atoms with van der Waals surface area (Å²) in [5.41, 5.74) is -0.0538. The van der Waals surface area contributed by atoms with Crippen LogP contribution in [0.4, 0.5) is 0 Å². The predicted octanol–water partition coefficient (Wildman–Crippen LogP) is 2.12. The zero-order valence-corrected chi connectivity index (χ0v) is 9.62. The molecule has 2 nitrogen and oxygen atoms in total. The SMILES string of the molecule is CN(C)C[C@]1(C)CCCCC1=O.Cl. The molecule has 3 heteroatoms. The number of Topliss-reactive ketones (excluding diaryl/α,β-unsaturated/α-hetero) is 1. The molecule has 0 aromatic carbocycles. The zero-order valence-electron chi connectivity index (χ0n) is 8.80. The topological polar surface area (TPSA) is 20.3 Å². The Balaban J connectivity index is 0.00000144. The Bertz CT molecular complexity index is 182. The molecule has 1 atom stereocenters. The largest absolute Gasteiger partial charge is 0.308 e. The van der Waals surface area contributed by atoms with Gasteiger partial charge in [0, 0.05) is 18.4 Å². The van der Waals surface area contributed by atoms with Crippen LogP contribution in [-0.4, -0.2) is 31.3 Å². The first-order chi connectivity index (χ1) is 5.54. The molecule has 0 aromatic rings. The molecule has 0 amide bonds. The summed E-state index contributed by atoms with van der Waals surface area (Å²) in [5, 5.41) is 0. The fraction of sp³-hybridized carbons (Fsp3) is 0.900. The van der Waals surface area contributed by atoms with Crippen LogP contribution in [0.5, 0.6) is 0 Å². The third-order valence-corrected chi connectivity index (χ3v) is 2.72. The van der Waals surface area contributed by atoms with Gasteiger partial charge in [-0.1, -0.05) is 13.3 Å². The van der Waals surface area contributed by atoms with Gasteiger partial charge in [-0.25, -0.2) is 0 Å². The highest BCUT2D eigenvalue weighted by atomic mass is 35.5. The van der Waals surface area contributed by atoms with E-state index in [2.05, 4.69) is 11.8 Å². The number of rotatable bonds is 2. The summed E-state index contributed by atoms with van der Waals surface area (Å²) in [4.78, 5) is 13.7. The maximum absolute atomic E-state index is 11.6. The van der Waals surface area contributed by atoms with E-state index in [0.717, 1.165) is 25.8 Å². The molecule has 78 valence electrons. The molecule has 0 N–H and O–H groups in total. The minimum absolute atomic E-state index is 0. The second kappa shape index (κ2) is 4.97. The van der Waals surface area contributed by atoms with Gasteiger partial charge in [-0.3, -0.25) is 4.79 Å². The van der Waals surface area contributed by atoms with Crippen LogP contribution in [0, 0.1) is 5.41 Å². The van der Waals surface area contributed by atoms with Gasteiger partial charge in [0.05, 0.1) is 0 Å². The standard InChI is InChI=1S/C10H19NO.ClH/c1-10(8-11(2)3)7-5-4-6-9(10)12;/h4-8H2,1-3H3;1H/t10-;/m0./s1. The fourth-order valence-electron chi connectivity index (χ4n) is 2.11. The molecule has 0 heterocycles. The lowest BCUT2D eigenvalue weighted by molar-refractivity contribution is -0.131. The van der Waals surface area contributed by atoms with Crippen molar-refractivity contribution < 1.29 is 4.79 Å². The third kappa shape index (κ3) is 3.28. The highest BCUT2D eigenvalue weighted by molar-refractivity contribution is 5.85. The molecule has 0 spiro atoms. The Morgan fingerprint density at radius 1 is 1.38 bits per heavy atom. The van der Waals surface area contributed by atoms with Gasteiger partial charge >= 0.3 is 0 Å². The van der Waals surface area contributed by atoms with Crippen molar-refractivity contribution in [2.45, 2.75) is 32.6 Å². The van der Waals surface area contributed by atoms with Crippen molar-refractivity contribution in [3.05, 3.63) is 0 Å². The quantitative estimate of drug-likeness (QED) is 0.689. The van der Waals surface area contributed by atoms with Crippen LogP contribution in [0.15, 0.2) is 0 Å². The molecule has 1 saturated carbocycles. The normalized spacial score (nSPS) is 28.8. The summed E-state index contributed by atoms with van der Waals surface area (Å²) < 4.78 is 0. The highest BCUT2D eigenvalue weighted by Gasteiger charge is 2.35. The van der Waals surface area contributed by atoms with Crippen LogP contribution in [0.2, 0.25) is 0 Å². The number of nitrogens with zero attached hydrogens (tertiary/aromatic N) is 1. The van der Waals surface area contributed by atoms with Gasteiger partial charge in [0.2, 0.25) is 0 Å². The molecular weight excluding hydrogens is 186 g/mol. The van der Waals surface area contributed by atoms with Gasteiger partial charge in [-0.15, -0.1) is 12.4 Å². The zero-order chi connectivity index (χ0) is 9.19. The van der Waals surface area contributed by atoms with Crippen molar-refractivity contribution in [3.63, 3.8) is 0 Å². The van der Waals surface area contributed by atoms with Crippen molar-refractivity contribution in [3.8, 4) is 0 Å². The van der Waals surface area contributed by atoms with Crippen LogP contribution in [0.1, 0.15) is 32.6 Å². The molecule has 13 heavy (non-hydrogen) atoms. The monoisotopic (exact) mass is 205 g/mol. The molecule has 0 aromatic heterocycles. The van der Waals surface area contributed by atoms with Gasteiger partial charge < -0.3 is 4.90 Å². The number of hydrogen-bond acceptors (Lipinski definition) is 2. The third-order valence-electron chi connectivity index (χ3n) is 2.72. The summed E-state index contributed by atoms with van der Waals surface area (Å²) in [6.45, 7) is 3.01. The predicted molar refractivity (Wildman–Crippen MR) is 57.4 cm³/mol. The van der Waals surface area contributed by atoms with Crippen molar-refractivity contribution in [1.82, 2.24) is 4.90 Å². The van der Waals surface area contributed by atoms with Gasteiger partial charge in [0.15, 0.2) is 0 Å². The lowest BCUT2D eigenvalue weighted by Gasteiger charge is -2.34. The molecule has 0 aliphatic heterocycles. The minimum atomic E-state index is -0.0538. The molecule has 1 aliphatic carbocycles. The average Bonchev–Trinajstić information content (AvgIpc) is 1.94.